The monoisotopic (exact) mass is 284 g/mol. The largest absolute Gasteiger partial charge is 0.394 e. The van der Waals surface area contributed by atoms with E-state index in [-0.39, 0.29) is 22.9 Å². The molecule has 1 fully saturated rings. The van der Waals surface area contributed by atoms with Gasteiger partial charge >= 0.3 is 0 Å². The van der Waals surface area contributed by atoms with Crippen molar-refractivity contribution >= 4 is 22.9 Å². The first-order valence-corrected chi connectivity index (χ1v) is 5.87. The third-order valence-corrected chi connectivity index (χ3v) is 3.21. The number of hydrogen-bond donors (Lipinski definition) is 4. The highest BCUT2D eigenvalue weighted by atomic mass is 19.1. The smallest absolute Gasteiger partial charge is 0.224 e. The van der Waals surface area contributed by atoms with E-state index in [0.717, 1.165) is 0 Å². The summed E-state index contributed by atoms with van der Waals surface area (Å²) in [6.07, 6.45) is -4.07. The minimum absolute atomic E-state index is 0.0684. The van der Waals surface area contributed by atoms with Gasteiger partial charge in [0.15, 0.2) is 23.9 Å². The second-order valence-electron chi connectivity index (χ2n) is 4.47. The molecule has 0 aromatic carbocycles. The number of nitrogen functional groups attached to an aromatic ring is 2. The molecule has 0 amide bonds. The van der Waals surface area contributed by atoms with Crippen LogP contribution in [0.1, 0.15) is 6.23 Å². The van der Waals surface area contributed by atoms with Crippen molar-refractivity contribution in [2.45, 2.75) is 24.6 Å². The van der Waals surface area contributed by atoms with E-state index in [2.05, 4.69) is 15.0 Å². The first-order valence-electron chi connectivity index (χ1n) is 5.87. The summed E-state index contributed by atoms with van der Waals surface area (Å²) < 4.78 is 20.6. The van der Waals surface area contributed by atoms with Gasteiger partial charge in [0.05, 0.1) is 12.9 Å². The number of halogens is 1. The number of anilines is 2. The standard InChI is InChI=1S/C10H13FN6O3/c11-4-6(19)3(1-18)20-9(4)17-2-14-5-7(12)15-10(13)16-8(5)17/h2-4,6,9,18-19H,1H2,(H4,12,13,15,16)/t3-,4-,6-,9?/m1/s1. The van der Waals surface area contributed by atoms with E-state index in [0.29, 0.717) is 0 Å². The molecule has 3 heterocycles. The zero-order chi connectivity index (χ0) is 14.4. The van der Waals surface area contributed by atoms with E-state index in [1.807, 2.05) is 0 Å². The number of imidazole rings is 1. The lowest BCUT2D eigenvalue weighted by Gasteiger charge is -2.15. The predicted molar refractivity (Wildman–Crippen MR) is 66.0 cm³/mol. The highest BCUT2D eigenvalue weighted by molar-refractivity contribution is 5.82. The van der Waals surface area contributed by atoms with Gasteiger partial charge in [-0.2, -0.15) is 9.97 Å². The van der Waals surface area contributed by atoms with E-state index < -0.39 is 31.2 Å². The van der Waals surface area contributed by atoms with Crippen LogP contribution in [0.4, 0.5) is 16.2 Å². The maximum Gasteiger partial charge on any atom is 0.224 e. The number of nitrogens with two attached hydrogens (primary N) is 2. The van der Waals surface area contributed by atoms with Crippen LogP contribution in [0.5, 0.6) is 0 Å². The van der Waals surface area contributed by atoms with E-state index in [9.17, 15) is 9.50 Å². The molecule has 1 saturated heterocycles. The molecule has 20 heavy (non-hydrogen) atoms. The summed E-state index contributed by atoms with van der Waals surface area (Å²) in [6.45, 7) is -0.496. The third kappa shape index (κ3) is 1.77. The Balaban J connectivity index is 2.07. The van der Waals surface area contributed by atoms with Crippen LogP contribution in [0.3, 0.4) is 0 Å². The van der Waals surface area contributed by atoms with E-state index in [1.165, 1.54) is 10.9 Å². The van der Waals surface area contributed by atoms with Gasteiger partial charge in [0.2, 0.25) is 5.95 Å². The minimum atomic E-state index is -1.73. The fourth-order valence-corrected chi connectivity index (χ4v) is 2.22. The Morgan fingerprint density at radius 2 is 2.15 bits per heavy atom. The molecule has 6 N–H and O–H groups in total. The molecule has 108 valence electrons. The van der Waals surface area contributed by atoms with E-state index in [1.54, 1.807) is 0 Å². The van der Waals surface area contributed by atoms with Crippen LogP contribution in [0.25, 0.3) is 11.2 Å². The van der Waals surface area contributed by atoms with Crippen LogP contribution in [0.2, 0.25) is 0 Å². The second-order valence-corrected chi connectivity index (χ2v) is 4.47. The quantitative estimate of drug-likeness (QED) is 0.525. The molecule has 1 aliphatic rings. The number of nitrogens with zero attached hydrogens (tertiary/aromatic N) is 4. The Bertz CT molecular complexity index is 649. The third-order valence-electron chi connectivity index (χ3n) is 3.21. The summed E-state index contributed by atoms with van der Waals surface area (Å²) >= 11 is 0. The van der Waals surface area contributed by atoms with Gasteiger partial charge in [-0.1, -0.05) is 0 Å². The van der Waals surface area contributed by atoms with Gasteiger partial charge in [-0.15, -0.1) is 0 Å². The molecule has 0 radical (unpaired) electrons. The average Bonchev–Trinajstić information content (AvgIpc) is 2.93. The summed E-state index contributed by atoms with van der Waals surface area (Å²) in [4.78, 5) is 11.7. The topological polar surface area (TPSA) is 145 Å². The molecule has 0 spiro atoms. The van der Waals surface area contributed by atoms with Crippen molar-refractivity contribution in [1.82, 2.24) is 19.5 Å². The molecule has 10 heteroatoms. The Hall–Kier alpha value is -2.04. The molecule has 0 bridgehead atoms. The number of aliphatic hydroxyl groups excluding tert-OH is 2. The van der Waals surface area contributed by atoms with Gasteiger partial charge in [0.25, 0.3) is 0 Å². The first kappa shape index (κ1) is 13.0. The van der Waals surface area contributed by atoms with Gasteiger partial charge in [0.1, 0.15) is 17.7 Å². The van der Waals surface area contributed by atoms with Gasteiger partial charge in [-0.25, -0.2) is 9.37 Å². The molecule has 0 aliphatic carbocycles. The second kappa shape index (κ2) is 4.51. The normalized spacial score (nSPS) is 30.1. The molecule has 9 nitrogen and oxygen atoms in total. The summed E-state index contributed by atoms with van der Waals surface area (Å²) in [5, 5.41) is 18.7. The number of aromatic nitrogens is 4. The van der Waals surface area contributed by atoms with Crippen LogP contribution < -0.4 is 11.5 Å². The molecule has 0 saturated carbocycles. The van der Waals surface area contributed by atoms with Gasteiger partial charge in [0, 0.05) is 0 Å². The Morgan fingerprint density at radius 3 is 2.80 bits per heavy atom. The van der Waals surface area contributed by atoms with Gasteiger partial charge in [-0.3, -0.25) is 4.57 Å². The number of hydrogen-bond acceptors (Lipinski definition) is 8. The van der Waals surface area contributed by atoms with Crippen LogP contribution >= 0.6 is 0 Å². The van der Waals surface area contributed by atoms with Gasteiger partial charge < -0.3 is 26.4 Å². The van der Waals surface area contributed by atoms with Crippen molar-refractivity contribution in [1.29, 1.82) is 0 Å². The molecule has 2 aromatic rings. The number of alkyl halides is 1. The lowest BCUT2D eigenvalue weighted by atomic mass is 10.1. The van der Waals surface area contributed by atoms with Crippen molar-refractivity contribution < 1.29 is 19.3 Å². The maximum absolute atomic E-state index is 14.1. The summed E-state index contributed by atoms with van der Waals surface area (Å²) in [5.74, 6) is -0.0108. The van der Waals surface area contributed by atoms with Crippen LogP contribution in [-0.2, 0) is 4.74 Å². The molecule has 1 aliphatic heterocycles. The summed E-state index contributed by atoms with van der Waals surface area (Å²) in [7, 11) is 0. The highest BCUT2D eigenvalue weighted by Crippen LogP contribution is 2.33. The van der Waals surface area contributed by atoms with Crippen molar-refractivity contribution in [2.24, 2.45) is 0 Å². The zero-order valence-corrected chi connectivity index (χ0v) is 10.2. The molecular formula is C10H13FN6O3. The number of aliphatic hydroxyl groups is 2. The summed E-state index contributed by atoms with van der Waals surface area (Å²) in [6, 6.07) is 0. The molecule has 3 rings (SSSR count). The zero-order valence-electron chi connectivity index (χ0n) is 10.2. The number of fused-ring (bicyclic) bond motifs is 1. The lowest BCUT2D eigenvalue weighted by molar-refractivity contribution is -0.0459. The highest BCUT2D eigenvalue weighted by Gasteiger charge is 2.45. The Morgan fingerprint density at radius 1 is 1.40 bits per heavy atom. The summed E-state index contributed by atoms with van der Waals surface area (Å²) in [5.41, 5.74) is 11.6. The van der Waals surface area contributed by atoms with E-state index in [4.69, 9.17) is 21.3 Å². The fourth-order valence-electron chi connectivity index (χ4n) is 2.22. The van der Waals surface area contributed by atoms with Crippen molar-refractivity contribution in [3.8, 4) is 0 Å². The van der Waals surface area contributed by atoms with E-state index >= 15 is 0 Å². The Kier molecular flexibility index (Phi) is 2.92. The molecule has 1 unspecified atom stereocenters. The average molecular weight is 284 g/mol. The lowest BCUT2D eigenvalue weighted by Crippen LogP contribution is -2.30. The van der Waals surface area contributed by atoms with Gasteiger partial charge in [-0.05, 0) is 0 Å². The van der Waals surface area contributed by atoms with Crippen molar-refractivity contribution in [3.63, 3.8) is 0 Å². The van der Waals surface area contributed by atoms with Crippen molar-refractivity contribution in [2.75, 3.05) is 18.1 Å². The minimum Gasteiger partial charge on any atom is -0.394 e. The maximum atomic E-state index is 14.1. The van der Waals surface area contributed by atoms with Crippen LogP contribution in [0.15, 0.2) is 6.33 Å². The molecular weight excluding hydrogens is 271 g/mol. The molecule has 2 aromatic heterocycles. The fraction of sp³-hybridized carbons (Fsp3) is 0.500. The SMILES string of the molecule is Nc1nc(N)c2ncn(C3O[C@H](CO)[C@@H](O)[C@H]3F)c2n1. The number of rotatable bonds is 2. The predicted octanol–water partition coefficient (Wildman–Crippen LogP) is -1.42. The number of ether oxygens (including phenoxy) is 1. The molecule has 4 atom stereocenters. The first-order chi connectivity index (χ1) is 9.52. The Labute approximate surface area is 112 Å². The van der Waals surface area contributed by atoms with Crippen LogP contribution in [0, 0.1) is 0 Å². The van der Waals surface area contributed by atoms with Crippen molar-refractivity contribution in [3.05, 3.63) is 6.33 Å². The van der Waals surface area contributed by atoms with Crippen LogP contribution in [-0.4, -0.2) is 54.7 Å².